The molecule has 0 unspecified atom stereocenters. The predicted molar refractivity (Wildman–Crippen MR) is 102 cm³/mol. The van der Waals surface area contributed by atoms with Gasteiger partial charge in [-0.2, -0.15) is 0 Å². The zero-order chi connectivity index (χ0) is 17.8. The molecule has 2 aliphatic carbocycles. The molecule has 26 heavy (non-hydrogen) atoms. The Morgan fingerprint density at radius 1 is 1.04 bits per heavy atom. The van der Waals surface area contributed by atoms with Gasteiger partial charge in [0.1, 0.15) is 0 Å². The van der Waals surface area contributed by atoms with Gasteiger partial charge in [-0.3, -0.25) is 9.47 Å². The molecule has 2 saturated carbocycles. The van der Waals surface area contributed by atoms with E-state index in [0.717, 1.165) is 23.8 Å². The van der Waals surface area contributed by atoms with E-state index in [2.05, 4.69) is 20.2 Å². The van der Waals surface area contributed by atoms with Crippen LogP contribution in [-0.4, -0.2) is 37.3 Å². The van der Waals surface area contributed by atoms with Crippen LogP contribution in [0.3, 0.4) is 0 Å². The van der Waals surface area contributed by atoms with E-state index in [1.54, 1.807) is 0 Å². The maximum atomic E-state index is 12.3. The standard InChI is InChI=1S/C19H27N5OS/c25-17(20-16-10-4-5-11-16)14-26-19-22-21-18(15-8-2-1-3-9-15)24(19)23-12-6-7-13-23/h6-7,12-13,15-16H,1-5,8-11,14H2,(H,20,25). The molecule has 1 amide bonds. The maximum absolute atomic E-state index is 12.3. The zero-order valence-electron chi connectivity index (χ0n) is 15.1. The second-order valence-electron chi connectivity index (χ2n) is 7.39. The molecule has 2 fully saturated rings. The van der Waals surface area contributed by atoms with Gasteiger partial charge >= 0.3 is 0 Å². The molecular weight excluding hydrogens is 346 g/mol. The second-order valence-corrected chi connectivity index (χ2v) is 8.33. The molecule has 140 valence electrons. The predicted octanol–water partition coefficient (Wildman–Crippen LogP) is 3.59. The van der Waals surface area contributed by atoms with Crippen molar-refractivity contribution < 1.29 is 4.79 Å². The van der Waals surface area contributed by atoms with Crippen LogP contribution in [0.15, 0.2) is 29.7 Å². The minimum atomic E-state index is 0.100. The first-order chi connectivity index (χ1) is 12.8. The molecule has 0 radical (unpaired) electrons. The highest BCUT2D eigenvalue weighted by Crippen LogP contribution is 2.33. The van der Waals surface area contributed by atoms with E-state index >= 15 is 0 Å². The third-order valence-electron chi connectivity index (χ3n) is 5.48. The van der Waals surface area contributed by atoms with Crippen molar-refractivity contribution in [1.29, 1.82) is 0 Å². The van der Waals surface area contributed by atoms with Crippen molar-refractivity contribution in [2.75, 3.05) is 5.75 Å². The Hall–Kier alpha value is -1.76. The summed E-state index contributed by atoms with van der Waals surface area (Å²) in [5.74, 6) is 1.98. The Balaban J connectivity index is 1.48. The normalized spacial score (nSPS) is 19.1. The molecule has 0 aromatic carbocycles. The average Bonchev–Trinajstić information content (AvgIpc) is 3.41. The number of hydrogen-bond donors (Lipinski definition) is 1. The molecular formula is C19H27N5OS. The van der Waals surface area contributed by atoms with Crippen molar-refractivity contribution >= 4 is 17.7 Å². The molecule has 7 heteroatoms. The van der Waals surface area contributed by atoms with Crippen molar-refractivity contribution in [2.45, 2.75) is 74.9 Å². The molecule has 2 aromatic rings. The highest BCUT2D eigenvalue weighted by Gasteiger charge is 2.25. The van der Waals surface area contributed by atoms with Crippen LogP contribution in [-0.2, 0) is 4.79 Å². The summed E-state index contributed by atoms with van der Waals surface area (Å²) >= 11 is 1.48. The van der Waals surface area contributed by atoms with E-state index in [1.807, 2.05) is 29.2 Å². The van der Waals surface area contributed by atoms with Crippen molar-refractivity contribution in [3.8, 4) is 0 Å². The van der Waals surface area contributed by atoms with E-state index in [-0.39, 0.29) is 5.91 Å². The number of nitrogens with zero attached hydrogens (tertiary/aromatic N) is 4. The van der Waals surface area contributed by atoms with Crippen LogP contribution in [0.2, 0.25) is 0 Å². The lowest BCUT2D eigenvalue weighted by atomic mass is 9.89. The van der Waals surface area contributed by atoms with Crippen LogP contribution in [0.4, 0.5) is 0 Å². The Labute approximate surface area is 158 Å². The summed E-state index contributed by atoms with van der Waals surface area (Å²) in [6, 6.07) is 4.38. The van der Waals surface area contributed by atoms with Gasteiger partial charge < -0.3 is 5.32 Å². The van der Waals surface area contributed by atoms with Crippen molar-refractivity contribution in [3.63, 3.8) is 0 Å². The highest BCUT2D eigenvalue weighted by atomic mass is 32.2. The SMILES string of the molecule is O=C(CSc1nnc(C2CCCCC2)n1-n1cccc1)NC1CCCC1. The Bertz CT molecular complexity index is 714. The lowest BCUT2D eigenvalue weighted by molar-refractivity contribution is -0.119. The highest BCUT2D eigenvalue weighted by molar-refractivity contribution is 7.99. The van der Waals surface area contributed by atoms with Crippen molar-refractivity contribution in [1.82, 2.24) is 24.9 Å². The molecule has 2 heterocycles. The Morgan fingerprint density at radius 2 is 1.73 bits per heavy atom. The summed E-state index contributed by atoms with van der Waals surface area (Å²) in [5.41, 5.74) is 0. The third kappa shape index (κ3) is 3.98. The minimum Gasteiger partial charge on any atom is -0.353 e. The lowest BCUT2D eigenvalue weighted by Crippen LogP contribution is -2.34. The summed E-state index contributed by atoms with van der Waals surface area (Å²) in [7, 11) is 0. The van der Waals surface area contributed by atoms with E-state index in [0.29, 0.717) is 17.7 Å². The van der Waals surface area contributed by atoms with Crippen LogP contribution >= 0.6 is 11.8 Å². The summed E-state index contributed by atoms with van der Waals surface area (Å²) in [4.78, 5) is 12.3. The van der Waals surface area contributed by atoms with Crippen molar-refractivity contribution in [3.05, 3.63) is 30.4 Å². The molecule has 0 saturated heterocycles. The number of nitrogens with one attached hydrogen (secondary N) is 1. The summed E-state index contributed by atoms with van der Waals surface area (Å²) in [5, 5.41) is 12.9. The monoisotopic (exact) mass is 373 g/mol. The molecule has 0 bridgehead atoms. The van der Waals surface area contributed by atoms with Gasteiger partial charge in [-0.25, -0.2) is 4.68 Å². The first kappa shape index (κ1) is 17.6. The molecule has 6 nitrogen and oxygen atoms in total. The first-order valence-electron chi connectivity index (χ1n) is 9.82. The summed E-state index contributed by atoms with van der Waals surface area (Å²) in [6.45, 7) is 0. The fourth-order valence-electron chi connectivity index (χ4n) is 4.13. The fraction of sp³-hybridized carbons (Fsp3) is 0.632. The molecule has 2 aromatic heterocycles. The first-order valence-corrected chi connectivity index (χ1v) is 10.8. The minimum absolute atomic E-state index is 0.100. The van der Waals surface area contributed by atoms with Gasteiger partial charge in [-0.05, 0) is 37.8 Å². The number of amides is 1. The van der Waals surface area contributed by atoms with Crippen LogP contribution in [0.25, 0.3) is 0 Å². The summed E-state index contributed by atoms with van der Waals surface area (Å²) < 4.78 is 4.12. The molecule has 1 N–H and O–H groups in total. The largest absolute Gasteiger partial charge is 0.353 e. The van der Waals surface area contributed by atoms with Gasteiger partial charge in [-0.15, -0.1) is 10.2 Å². The topological polar surface area (TPSA) is 64.7 Å². The van der Waals surface area contributed by atoms with Crippen LogP contribution in [0.5, 0.6) is 0 Å². The van der Waals surface area contributed by atoms with Gasteiger partial charge in [0.25, 0.3) is 0 Å². The smallest absolute Gasteiger partial charge is 0.230 e. The van der Waals surface area contributed by atoms with Gasteiger partial charge in [0.05, 0.1) is 5.75 Å². The van der Waals surface area contributed by atoms with Crippen molar-refractivity contribution in [2.24, 2.45) is 0 Å². The molecule has 0 atom stereocenters. The molecule has 0 spiro atoms. The van der Waals surface area contributed by atoms with Crippen LogP contribution in [0.1, 0.15) is 69.5 Å². The maximum Gasteiger partial charge on any atom is 0.230 e. The average molecular weight is 374 g/mol. The Kier molecular flexibility index (Phi) is 5.62. The molecule has 4 rings (SSSR count). The van der Waals surface area contributed by atoms with E-state index in [1.165, 1.54) is 56.7 Å². The fourth-order valence-corrected chi connectivity index (χ4v) is 4.88. The third-order valence-corrected chi connectivity index (χ3v) is 6.40. The lowest BCUT2D eigenvalue weighted by Gasteiger charge is -2.22. The van der Waals surface area contributed by atoms with Gasteiger partial charge in [0, 0.05) is 24.4 Å². The van der Waals surface area contributed by atoms with Crippen LogP contribution < -0.4 is 5.32 Å². The number of carbonyl (C=O) groups is 1. The quantitative estimate of drug-likeness (QED) is 0.786. The van der Waals surface area contributed by atoms with E-state index in [9.17, 15) is 4.79 Å². The molecule has 2 aliphatic rings. The van der Waals surface area contributed by atoms with E-state index < -0.39 is 0 Å². The van der Waals surface area contributed by atoms with E-state index in [4.69, 9.17) is 0 Å². The number of carbonyl (C=O) groups excluding carboxylic acids is 1. The zero-order valence-corrected chi connectivity index (χ0v) is 16.0. The van der Waals surface area contributed by atoms with Gasteiger partial charge in [0.2, 0.25) is 11.1 Å². The second kappa shape index (κ2) is 8.29. The van der Waals surface area contributed by atoms with Crippen LogP contribution in [0, 0.1) is 0 Å². The van der Waals surface area contributed by atoms with Gasteiger partial charge in [-0.1, -0.05) is 43.9 Å². The number of hydrogen-bond acceptors (Lipinski definition) is 4. The number of aromatic nitrogens is 4. The number of rotatable bonds is 6. The van der Waals surface area contributed by atoms with Gasteiger partial charge in [0.15, 0.2) is 5.82 Å². The Morgan fingerprint density at radius 3 is 2.46 bits per heavy atom. The summed E-state index contributed by atoms with van der Waals surface area (Å²) in [6.07, 6.45) is 14.9. The molecule has 0 aliphatic heterocycles. The number of thioether (sulfide) groups is 1.